The van der Waals surface area contributed by atoms with Gasteiger partial charge in [0.05, 0.1) is 10.5 Å². The summed E-state index contributed by atoms with van der Waals surface area (Å²) >= 11 is 7.35. The van der Waals surface area contributed by atoms with E-state index < -0.39 is 0 Å². The van der Waals surface area contributed by atoms with Crippen LogP contribution in [0.5, 0.6) is 0 Å². The average molecular weight is 271 g/mol. The van der Waals surface area contributed by atoms with Crippen LogP contribution in [-0.2, 0) is 6.42 Å². The summed E-state index contributed by atoms with van der Waals surface area (Å²) < 4.78 is 13.9. The molecule has 1 N–H and O–H groups in total. The first-order chi connectivity index (χ1) is 8.22. The lowest BCUT2D eigenvalue weighted by Crippen LogP contribution is -2.19. The van der Waals surface area contributed by atoms with Crippen LogP contribution >= 0.6 is 22.9 Å². The lowest BCUT2D eigenvalue weighted by Gasteiger charge is -2.16. The van der Waals surface area contributed by atoms with Gasteiger partial charge in [-0.2, -0.15) is 0 Å². The fourth-order valence-corrected chi connectivity index (χ4v) is 2.52. The number of halogens is 2. The van der Waals surface area contributed by atoms with E-state index in [9.17, 15) is 4.39 Å². The molecule has 1 aromatic carbocycles. The van der Waals surface area contributed by atoms with E-state index in [1.54, 1.807) is 41.2 Å². The second-order valence-electron chi connectivity index (χ2n) is 3.66. The zero-order chi connectivity index (χ0) is 12.3. The standard InChI is InChI=1S/C12H12ClFN2S/c1-15-11(5-8-6-16-7-17-8)9-3-2-4-10(13)12(9)14/h2-4,6-7,11,15H,5H2,1H3. The zero-order valence-corrected chi connectivity index (χ0v) is 10.9. The fraction of sp³-hybridized carbons (Fsp3) is 0.250. The van der Waals surface area contributed by atoms with Gasteiger partial charge in [0, 0.05) is 29.1 Å². The number of hydrogen-bond acceptors (Lipinski definition) is 3. The van der Waals surface area contributed by atoms with Crippen LogP contribution in [-0.4, -0.2) is 12.0 Å². The molecule has 0 spiro atoms. The number of nitrogens with zero attached hydrogens (tertiary/aromatic N) is 1. The fourth-order valence-electron chi connectivity index (χ4n) is 1.70. The van der Waals surface area contributed by atoms with Crippen LogP contribution in [0, 0.1) is 5.82 Å². The van der Waals surface area contributed by atoms with E-state index >= 15 is 0 Å². The van der Waals surface area contributed by atoms with E-state index in [4.69, 9.17) is 11.6 Å². The highest BCUT2D eigenvalue weighted by molar-refractivity contribution is 7.09. The molecule has 0 aliphatic heterocycles. The van der Waals surface area contributed by atoms with E-state index in [1.807, 2.05) is 7.05 Å². The number of rotatable bonds is 4. The van der Waals surface area contributed by atoms with Crippen molar-refractivity contribution >= 4 is 22.9 Å². The van der Waals surface area contributed by atoms with Gasteiger partial charge in [0.15, 0.2) is 0 Å². The van der Waals surface area contributed by atoms with Crippen molar-refractivity contribution in [2.45, 2.75) is 12.5 Å². The molecule has 1 aromatic heterocycles. The Hall–Kier alpha value is -0.970. The smallest absolute Gasteiger partial charge is 0.146 e. The van der Waals surface area contributed by atoms with Crippen molar-refractivity contribution < 1.29 is 4.39 Å². The zero-order valence-electron chi connectivity index (χ0n) is 9.28. The number of aromatic nitrogens is 1. The van der Waals surface area contributed by atoms with Crippen LogP contribution in [0.4, 0.5) is 4.39 Å². The Morgan fingerprint density at radius 3 is 3.00 bits per heavy atom. The largest absolute Gasteiger partial charge is 0.313 e. The minimum absolute atomic E-state index is 0.0888. The Labute approximate surface area is 108 Å². The number of likely N-dealkylation sites (N-methyl/N-ethyl adjacent to an activating group) is 1. The summed E-state index contributed by atoms with van der Waals surface area (Å²) in [5, 5.41) is 3.26. The second kappa shape index (κ2) is 5.58. The summed E-state index contributed by atoms with van der Waals surface area (Å²) in [5.74, 6) is -0.349. The maximum atomic E-state index is 13.9. The Balaban J connectivity index is 2.26. The van der Waals surface area contributed by atoms with Crippen molar-refractivity contribution in [2.24, 2.45) is 0 Å². The minimum atomic E-state index is -0.349. The highest BCUT2D eigenvalue weighted by atomic mass is 35.5. The van der Waals surface area contributed by atoms with Crippen LogP contribution < -0.4 is 5.32 Å². The Bertz CT molecular complexity index is 487. The van der Waals surface area contributed by atoms with Crippen LogP contribution in [0.15, 0.2) is 29.9 Å². The molecule has 1 unspecified atom stereocenters. The van der Waals surface area contributed by atoms with Gasteiger partial charge in [0.25, 0.3) is 0 Å². The van der Waals surface area contributed by atoms with E-state index in [1.165, 1.54) is 0 Å². The maximum absolute atomic E-state index is 13.9. The third-order valence-corrected chi connectivity index (χ3v) is 3.69. The maximum Gasteiger partial charge on any atom is 0.146 e. The van der Waals surface area contributed by atoms with E-state index in [0.29, 0.717) is 12.0 Å². The van der Waals surface area contributed by atoms with Crippen molar-refractivity contribution in [2.75, 3.05) is 7.05 Å². The third kappa shape index (κ3) is 2.83. The van der Waals surface area contributed by atoms with Crippen molar-refractivity contribution in [1.29, 1.82) is 0 Å². The molecule has 0 saturated carbocycles. The van der Waals surface area contributed by atoms with Crippen molar-refractivity contribution in [3.05, 3.63) is 51.2 Å². The van der Waals surface area contributed by atoms with Gasteiger partial charge < -0.3 is 5.32 Å². The predicted octanol–water partition coefficient (Wildman–Crippen LogP) is 3.44. The molecule has 17 heavy (non-hydrogen) atoms. The number of benzene rings is 1. The van der Waals surface area contributed by atoms with Crippen LogP contribution in [0.3, 0.4) is 0 Å². The molecule has 0 aliphatic carbocycles. The molecule has 0 bridgehead atoms. The molecule has 1 atom stereocenters. The predicted molar refractivity (Wildman–Crippen MR) is 69.0 cm³/mol. The molecule has 0 radical (unpaired) electrons. The number of hydrogen-bond donors (Lipinski definition) is 1. The van der Waals surface area contributed by atoms with Gasteiger partial charge in [0.2, 0.25) is 0 Å². The molecule has 2 nitrogen and oxygen atoms in total. The summed E-state index contributed by atoms with van der Waals surface area (Å²) in [6, 6.07) is 4.98. The average Bonchev–Trinajstić information content (AvgIpc) is 2.83. The van der Waals surface area contributed by atoms with Crippen LogP contribution in [0.2, 0.25) is 5.02 Å². The Morgan fingerprint density at radius 2 is 2.35 bits per heavy atom. The van der Waals surface area contributed by atoms with E-state index in [-0.39, 0.29) is 16.9 Å². The van der Waals surface area contributed by atoms with E-state index in [0.717, 1.165) is 4.88 Å². The lowest BCUT2D eigenvalue weighted by molar-refractivity contribution is 0.536. The Morgan fingerprint density at radius 1 is 1.53 bits per heavy atom. The minimum Gasteiger partial charge on any atom is -0.313 e. The van der Waals surface area contributed by atoms with Crippen molar-refractivity contribution in [1.82, 2.24) is 10.3 Å². The van der Waals surface area contributed by atoms with Gasteiger partial charge in [-0.3, -0.25) is 4.98 Å². The number of thiazole rings is 1. The summed E-state index contributed by atoms with van der Waals surface area (Å²) in [4.78, 5) is 5.13. The van der Waals surface area contributed by atoms with Crippen LogP contribution in [0.1, 0.15) is 16.5 Å². The van der Waals surface area contributed by atoms with Crippen LogP contribution in [0.25, 0.3) is 0 Å². The molecule has 90 valence electrons. The molecule has 5 heteroatoms. The van der Waals surface area contributed by atoms with E-state index in [2.05, 4.69) is 10.3 Å². The molecule has 0 saturated heterocycles. The third-order valence-electron chi connectivity index (χ3n) is 2.59. The quantitative estimate of drug-likeness (QED) is 0.921. The molecule has 0 aliphatic rings. The normalized spacial score (nSPS) is 12.6. The summed E-state index contributed by atoms with van der Waals surface area (Å²) in [6.07, 6.45) is 2.51. The summed E-state index contributed by atoms with van der Waals surface area (Å²) in [7, 11) is 1.81. The molecule has 0 amide bonds. The monoisotopic (exact) mass is 270 g/mol. The molecular formula is C12H12ClFN2S. The van der Waals surface area contributed by atoms with Gasteiger partial charge in [-0.25, -0.2) is 4.39 Å². The second-order valence-corrected chi connectivity index (χ2v) is 5.03. The highest BCUT2D eigenvalue weighted by Gasteiger charge is 2.16. The van der Waals surface area contributed by atoms with Crippen molar-refractivity contribution in [3.63, 3.8) is 0 Å². The molecule has 2 rings (SSSR count). The first-order valence-corrected chi connectivity index (χ1v) is 6.46. The van der Waals surface area contributed by atoms with Gasteiger partial charge in [0.1, 0.15) is 5.82 Å². The summed E-state index contributed by atoms with van der Waals surface area (Å²) in [6.45, 7) is 0. The first kappa shape index (κ1) is 12.5. The molecule has 2 aromatic rings. The Kier molecular flexibility index (Phi) is 4.10. The first-order valence-electron chi connectivity index (χ1n) is 5.21. The topological polar surface area (TPSA) is 24.9 Å². The number of nitrogens with one attached hydrogen (secondary N) is 1. The molecular weight excluding hydrogens is 259 g/mol. The van der Waals surface area contributed by atoms with Gasteiger partial charge >= 0.3 is 0 Å². The van der Waals surface area contributed by atoms with Gasteiger partial charge in [-0.05, 0) is 13.1 Å². The molecule has 1 heterocycles. The van der Waals surface area contributed by atoms with Gasteiger partial charge in [-0.1, -0.05) is 23.7 Å². The van der Waals surface area contributed by atoms with Gasteiger partial charge in [-0.15, -0.1) is 11.3 Å². The SMILES string of the molecule is CNC(Cc1cncs1)c1cccc(Cl)c1F. The molecule has 0 fully saturated rings. The highest BCUT2D eigenvalue weighted by Crippen LogP contribution is 2.26. The summed E-state index contributed by atoms with van der Waals surface area (Å²) in [5.41, 5.74) is 2.37. The lowest BCUT2D eigenvalue weighted by atomic mass is 10.0. The van der Waals surface area contributed by atoms with Crippen molar-refractivity contribution in [3.8, 4) is 0 Å².